The Kier molecular flexibility index (Phi) is 5.41. The molecule has 1 saturated heterocycles. The number of sulfone groups is 1. The van der Waals surface area contributed by atoms with Gasteiger partial charge in [-0.3, -0.25) is 9.97 Å². The van der Waals surface area contributed by atoms with Crippen LogP contribution < -0.4 is 15.4 Å². The summed E-state index contributed by atoms with van der Waals surface area (Å²) in [6.45, 7) is 0.718. The van der Waals surface area contributed by atoms with Gasteiger partial charge in [-0.2, -0.15) is 9.61 Å². The Morgan fingerprint density at radius 2 is 1.88 bits per heavy atom. The molecule has 10 nitrogen and oxygen atoms in total. The van der Waals surface area contributed by atoms with Crippen molar-refractivity contribution in [3.05, 3.63) is 47.5 Å². The number of nitrogen functional groups attached to an aromatic ring is 1. The number of pyridine rings is 2. The molecule has 33 heavy (non-hydrogen) atoms. The molecule has 5 heterocycles. The Morgan fingerprint density at radius 3 is 2.58 bits per heavy atom. The first-order valence-electron chi connectivity index (χ1n) is 10.1. The molecular formula is C21H20BrN7O3S. The first-order valence-corrected chi connectivity index (χ1v) is 12.7. The summed E-state index contributed by atoms with van der Waals surface area (Å²) < 4.78 is 31.1. The Balaban J connectivity index is 1.53. The normalized spacial score (nSPS) is 15.6. The van der Waals surface area contributed by atoms with E-state index >= 15 is 0 Å². The van der Waals surface area contributed by atoms with E-state index in [9.17, 15) is 8.42 Å². The van der Waals surface area contributed by atoms with Gasteiger partial charge in [0.1, 0.15) is 21.9 Å². The maximum absolute atomic E-state index is 11.8. The number of halogens is 1. The molecule has 0 atom stereocenters. The second-order valence-electron chi connectivity index (χ2n) is 7.61. The van der Waals surface area contributed by atoms with Crippen LogP contribution in [0.5, 0.6) is 5.75 Å². The zero-order valence-electron chi connectivity index (χ0n) is 17.6. The maximum atomic E-state index is 11.8. The van der Waals surface area contributed by atoms with Gasteiger partial charge in [0, 0.05) is 42.2 Å². The molecule has 5 rings (SSSR count). The molecule has 0 saturated carbocycles. The van der Waals surface area contributed by atoms with Crippen molar-refractivity contribution >= 4 is 43.1 Å². The number of nitrogens with zero attached hydrogens (tertiary/aromatic N) is 6. The van der Waals surface area contributed by atoms with Crippen molar-refractivity contribution in [2.24, 2.45) is 0 Å². The van der Waals surface area contributed by atoms with Crippen LogP contribution in [0.3, 0.4) is 0 Å². The smallest absolute Gasteiger partial charge is 0.167 e. The van der Waals surface area contributed by atoms with Gasteiger partial charge in [-0.15, -0.1) is 0 Å². The number of methoxy groups -OCH3 is 1. The van der Waals surface area contributed by atoms with Gasteiger partial charge in [0.2, 0.25) is 0 Å². The van der Waals surface area contributed by atoms with E-state index in [1.807, 2.05) is 23.1 Å². The molecule has 170 valence electrons. The molecular weight excluding hydrogens is 510 g/mol. The number of nitrogens with two attached hydrogens (primary N) is 1. The molecule has 1 aliphatic heterocycles. The summed E-state index contributed by atoms with van der Waals surface area (Å²) in [6.07, 6.45) is 6.81. The third-order valence-corrected chi connectivity index (χ3v) is 7.94. The molecule has 12 heteroatoms. The summed E-state index contributed by atoms with van der Waals surface area (Å²) in [7, 11) is -1.42. The first-order chi connectivity index (χ1) is 15.9. The highest BCUT2D eigenvalue weighted by Gasteiger charge is 2.26. The fourth-order valence-corrected chi connectivity index (χ4v) is 5.42. The fraction of sp³-hybridized carbons (Fsp3) is 0.238. The average molecular weight is 530 g/mol. The van der Waals surface area contributed by atoms with Gasteiger partial charge in [-0.05, 0) is 28.1 Å². The molecule has 1 aliphatic rings. The van der Waals surface area contributed by atoms with Crippen molar-refractivity contribution in [2.75, 3.05) is 42.3 Å². The van der Waals surface area contributed by atoms with Gasteiger partial charge in [-0.25, -0.2) is 13.4 Å². The second-order valence-corrected chi connectivity index (χ2v) is 10.7. The van der Waals surface area contributed by atoms with Crippen LogP contribution in [-0.4, -0.2) is 64.7 Å². The van der Waals surface area contributed by atoms with Crippen molar-refractivity contribution in [3.8, 4) is 28.1 Å². The molecule has 0 bridgehead atoms. The summed E-state index contributed by atoms with van der Waals surface area (Å²) in [5, 5.41) is 4.40. The number of aromatic nitrogens is 5. The first kappa shape index (κ1) is 21.6. The largest absolute Gasteiger partial charge is 0.495 e. The monoisotopic (exact) mass is 529 g/mol. The Labute approximate surface area is 198 Å². The van der Waals surface area contributed by atoms with Crippen LogP contribution in [0.1, 0.15) is 0 Å². The van der Waals surface area contributed by atoms with Gasteiger partial charge >= 0.3 is 0 Å². The highest BCUT2D eigenvalue weighted by molar-refractivity contribution is 9.10. The predicted octanol–water partition coefficient (Wildman–Crippen LogP) is 2.44. The van der Waals surface area contributed by atoms with Gasteiger partial charge < -0.3 is 15.4 Å². The summed E-state index contributed by atoms with van der Waals surface area (Å²) in [5.74, 6) is 1.82. The van der Waals surface area contributed by atoms with Crippen LogP contribution >= 0.6 is 15.9 Å². The molecule has 0 unspecified atom stereocenters. The van der Waals surface area contributed by atoms with Crippen LogP contribution in [0.25, 0.3) is 28.0 Å². The number of anilines is 2. The van der Waals surface area contributed by atoms with E-state index in [-0.39, 0.29) is 11.5 Å². The summed E-state index contributed by atoms with van der Waals surface area (Å²) >= 11 is 3.51. The third kappa shape index (κ3) is 4.00. The second kappa shape index (κ2) is 8.27. The quantitative estimate of drug-likeness (QED) is 0.423. The van der Waals surface area contributed by atoms with E-state index in [2.05, 4.69) is 31.0 Å². The SMILES string of the molecule is COc1cncc(-c2ccc(-c3cnn4c(N)c(Br)c(N5CCS(=O)(=O)CC5)nc34)cn2)c1. The van der Waals surface area contributed by atoms with Crippen LogP contribution in [-0.2, 0) is 9.84 Å². The summed E-state index contributed by atoms with van der Waals surface area (Å²) in [6, 6.07) is 5.70. The van der Waals surface area contributed by atoms with Crippen molar-refractivity contribution in [1.29, 1.82) is 0 Å². The zero-order valence-corrected chi connectivity index (χ0v) is 20.0. The Hall–Kier alpha value is -3.25. The summed E-state index contributed by atoms with van der Waals surface area (Å²) in [4.78, 5) is 15.5. The van der Waals surface area contributed by atoms with Gasteiger partial charge in [0.15, 0.2) is 15.5 Å². The molecule has 0 aliphatic carbocycles. The number of ether oxygens (including phenoxy) is 1. The lowest BCUT2D eigenvalue weighted by Crippen LogP contribution is -2.41. The third-order valence-electron chi connectivity index (χ3n) is 5.57. The fourth-order valence-electron chi connectivity index (χ4n) is 3.71. The lowest BCUT2D eigenvalue weighted by Gasteiger charge is -2.28. The van der Waals surface area contributed by atoms with E-state index in [1.54, 1.807) is 36.4 Å². The number of hydrogen-bond acceptors (Lipinski definition) is 9. The van der Waals surface area contributed by atoms with Crippen molar-refractivity contribution in [3.63, 3.8) is 0 Å². The van der Waals surface area contributed by atoms with Crippen LogP contribution in [0.15, 0.2) is 47.5 Å². The molecule has 0 spiro atoms. The highest BCUT2D eigenvalue weighted by atomic mass is 79.9. The topological polar surface area (TPSA) is 129 Å². The molecule has 1 fully saturated rings. The maximum Gasteiger partial charge on any atom is 0.167 e. The standard InChI is InChI=1S/C21H20BrN7O3S/c1-32-15-8-14(9-24-11-15)17-3-2-13(10-25-17)16-12-26-29-19(23)18(22)21(27-20(16)29)28-4-6-33(30,31)7-5-28/h2-3,8-12H,4-7,23H2,1H3. The highest BCUT2D eigenvalue weighted by Crippen LogP contribution is 2.35. The van der Waals surface area contributed by atoms with E-state index in [4.69, 9.17) is 15.5 Å². The number of hydrogen-bond donors (Lipinski definition) is 1. The predicted molar refractivity (Wildman–Crippen MR) is 129 cm³/mol. The molecule has 0 amide bonds. The van der Waals surface area contributed by atoms with Crippen molar-refractivity contribution in [2.45, 2.75) is 0 Å². The van der Waals surface area contributed by atoms with E-state index < -0.39 is 9.84 Å². The number of fused-ring (bicyclic) bond motifs is 1. The van der Waals surface area contributed by atoms with E-state index in [1.165, 1.54) is 0 Å². The average Bonchev–Trinajstić information content (AvgIpc) is 3.26. The van der Waals surface area contributed by atoms with Crippen LogP contribution in [0.2, 0.25) is 0 Å². The van der Waals surface area contributed by atoms with Crippen molar-refractivity contribution in [1.82, 2.24) is 24.6 Å². The molecule has 0 aromatic carbocycles. The van der Waals surface area contributed by atoms with Crippen molar-refractivity contribution < 1.29 is 13.2 Å². The lowest BCUT2D eigenvalue weighted by atomic mass is 10.1. The van der Waals surface area contributed by atoms with Gasteiger partial charge in [0.05, 0.1) is 36.7 Å². The van der Waals surface area contributed by atoms with E-state index in [0.717, 1.165) is 22.4 Å². The lowest BCUT2D eigenvalue weighted by molar-refractivity contribution is 0.413. The van der Waals surface area contributed by atoms with Crippen LogP contribution in [0, 0.1) is 0 Å². The minimum absolute atomic E-state index is 0.0861. The number of rotatable bonds is 4. The Morgan fingerprint density at radius 1 is 1.09 bits per heavy atom. The summed E-state index contributed by atoms with van der Waals surface area (Å²) in [5.41, 5.74) is 10.1. The Bertz CT molecular complexity index is 1440. The molecule has 4 aromatic heterocycles. The molecule has 2 N–H and O–H groups in total. The minimum Gasteiger partial charge on any atom is -0.495 e. The zero-order chi connectivity index (χ0) is 23.2. The molecule has 4 aromatic rings. The van der Waals surface area contributed by atoms with E-state index in [0.29, 0.717) is 40.6 Å². The minimum atomic E-state index is -3.02. The van der Waals surface area contributed by atoms with Gasteiger partial charge in [-0.1, -0.05) is 6.07 Å². The molecule has 0 radical (unpaired) electrons. The van der Waals surface area contributed by atoms with Gasteiger partial charge in [0.25, 0.3) is 0 Å². The van der Waals surface area contributed by atoms with Crippen LogP contribution in [0.4, 0.5) is 11.6 Å².